The van der Waals surface area contributed by atoms with Crippen molar-refractivity contribution in [2.24, 2.45) is 5.73 Å². The molecule has 0 fully saturated rings. The summed E-state index contributed by atoms with van der Waals surface area (Å²) in [6, 6.07) is 8.05. The largest absolute Gasteiger partial charge is 0.369 e. The van der Waals surface area contributed by atoms with Gasteiger partial charge in [-0.3, -0.25) is 4.79 Å². The normalized spacial score (nSPS) is 11.7. The molecule has 2 N–H and O–H groups in total. The summed E-state index contributed by atoms with van der Waals surface area (Å²) < 4.78 is 25.7. The molecule has 0 aromatic heterocycles. The van der Waals surface area contributed by atoms with Gasteiger partial charge in [-0.1, -0.05) is 31.5 Å². The second-order valence-corrected chi connectivity index (χ2v) is 5.91. The van der Waals surface area contributed by atoms with E-state index in [1.165, 1.54) is 12.1 Å². The zero-order valence-corrected chi connectivity index (χ0v) is 11.2. The van der Waals surface area contributed by atoms with Gasteiger partial charge in [0.05, 0.1) is 11.4 Å². The van der Waals surface area contributed by atoms with Crippen LogP contribution in [0.3, 0.4) is 0 Å². The summed E-state index contributed by atoms with van der Waals surface area (Å²) in [4.78, 5) is 11.1. The van der Waals surface area contributed by atoms with Gasteiger partial charge < -0.3 is 5.73 Å². The number of sulfonamides is 1. The molecule has 0 radical (unpaired) electrons. The highest BCUT2D eigenvalue weighted by atomic mass is 32.2. The summed E-state index contributed by atoms with van der Waals surface area (Å²) in [6.45, 7) is 1.98. The number of nitrogens with two attached hydrogens (primary N) is 1. The molecule has 18 heavy (non-hydrogen) atoms. The highest BCUT2D eigenvalue weighted by Crippen LogP contribution is 2.15. The van der Waals surface area contributed by atoms with Crippen LogP contribution in [-0.2, 0) is 14.8 Å². The van der Waals surface area contributed by atoms with Crippen LogP contribution in [-0.4, -0.2) is 31.7 Å². The highest BCUT2D eigenvalue weighted by molar-refractivity contribution is 7.89. The lowest BCUT2D eigenvalue weighted by atomic mass is 10.3. The molecular weight excluding hydrogens is 252 g/mol. The maximum absolute atomic E-state index is 12.3. The summed E-state index contributed by atoms with van der Waals surface area (Å²) in [6.07, 6.45) is 1.54. The molecule has 0 aliphatic heterocycles. The standard InChI is InChI=1S/C12H18N2O3S/c1-2-3-9-14(10-12(13)15)18(16,17)11-7-5-4-6-8-11/h4-8H,2-3,9-10H2,1H3,(H2,13,15). The molecule has 0 atom stereocenters. The molecule has 1 rings (SSSR count). The molecule has 0 aliphatic carbocycles. The van der Waals surface area contributed by atoms with Crippen LogP contribution in [0.2, 0.25) is 0 Å². The Hall–Kier alpha value is -1.40. The van der Waals surface area contributed by atoms with Crippen LogP contribution in [0.15, 0.2) is 35.2 Å². The summed E-state index contributed by atoms with van der Waals surface area (Å²) in [7, 11) is -3.64. The summed E-state index contributed by atoms with van der Waals surface area (Å²) in [5, 5.41) is 0. The molecule has 0 unspecified atom stereocenters. The van der Waals surface area contributed by atoms with Gasteiger partial charge in [-0.15, -0.1) is 0 Å². The SMILES string of the molecule is CCCCN(CC(N)=O)S(=O)(=O)c1ccccc1. The molecule has 0 spiro atoms. The van der Waals surface area contributed by atoms with E-state index in [1.54, 1.807) is 18.2 Å². The van der Waals surface area contributed by atoms with Crippen molar-refractivity contribution in [3.05, 3.63) is 30.3 Å². The van der Waals surface area contributed by atoms with E-state index in [4.69, 9.17) is 5.73 Å². The van der Waals surface area contributed by atoms with Gasteiger partial charge in [0.25, 0.3) is 0 Å². The predicted octanol–water partition coefficient (Wildman–Crippen LogP) is 0.963. The van der Waals surface area contributed by atoms with Crippen LogP contribution in [0, 0.1) is 0 Å². The summed E-state index contributed by atoms with van der Waals surface area (Å²) in [5.41, 5.74) is 5.09. The molecule has 0 bridgehead atoms. The molecular formula is C12H18N2O3S. The molecule has 1 aromatic carbocycles. The summed E-state index contributed by atoms with van der Waals surface area (Å²) in [5.74, 6) is -0.648. The van der Waals surface area contributed by atoms with E-state index < -0.39 is 15.9 Å². The maximum atomic E-state index is 12.3. The van der Waals surface area contributed by atoms with Crippen LogP contribution in [0.5, 0.6) is 0 Å². The Bertz CT molecular complexity index is 485. The second kappa shape index (κ2) is 6.51. The van der Waals surface area contributed by atoms with Gasteiger partial charge in [0.15, 0.2) is 0 Å². The fraction of sp³-hybridized carbons (Fsp3) is 0.417. The molecule has 5 nitrogen and oxygen atoms in total. The third-order valence-corrected chi connectivity index (χ3v) is 4.33. The number of nitrogens with zero attached hydrogens (tertiary/aromatic N) is 1. The lowest BCUT2D eigenvalue weighted by molar-refractivity contribution is -0.118. The fourth-order valence-corrected chi connectivity index (χ4v) is 3.00. The first kappa shape index (κ1) is 14.7. The maximum Gasteiger partial charge on any atom is 0.243 e. The van der Waals surface area contributed by atoms with Crippen LogP contribution in [0.4, 0.5) is 0 Å². The van der Waals surface area contributed by atoms with Gasteiger partial charge in [0.2, 0.25) is 15.9 Å². The van der Waals surface area contributed by atoms with Crippen molar-refractivity contribution in [3.63, 3.8) is 0 Å². The number of carbonyl (C=O) groups excluding carboxylic acids is 1. The first-order valence-electron chi connectivity index (χ1n) is 5.82. The number of unbranched alkanes of at least 4 members (excludes halogenated alkanes) is 1. The third-order valence-electron chi connectivity index (χ3n) is 2.47. The van der Waals surface area contributed by atoms with Crippen LogP contribution in [0.1, 0.15) is 19.8 Å². The van der Waals surface area contributed by atoms with Gasteiger partial charge in [0, 0.05) is 6.54 Å². The molecule has 6 heteroatoms. The first-order valence-corrected chi connectivity index (χ1v) is 7.26. The number of hydrogen-bond acceptors (Lipinski definition) is 3. The molecule has 0 aliphatic rings. The van der Waals surface area contributed by atoms with Gasteiger partial charge >= 0.3 is 0 Å². The minimum atomic E-state index is -3.64. The quantitative estimate of drug-likeness (QED) is 0.801. The number of hydrogen-bond donors (Lipinski definition) is 1. The number of carbonyl (C=O) groups is 1. The average molecular weight is 270 g/mol. The Labute approximate surface area is 108 Å². The number of primary amides is 1. The van der Waals surface area contributed by atoms with E-state index in [1.807, 2.05) is 6.92 Å². The van der Waals surface area contributed by atoms with Gasteiger partial charge in [-0.05, 0) is 18.6 Å². The van der Waals surface area contributed by atoms with E-state index in [2.05, 4.69) is 0 Å². The van der Waals surface area contributed by atoms with Crippen molar-refractivity contribution < 1.29 is 13.2 Å². The fourth-order valence-electron chi connectivity index (χ4n) is 1.53. The lowest BCUT2D eigenvalue weighted by Gasteiger charge is -2.20. The Morgan fingerprint density at radius 2 is 1.89 bits per heavy atom. The van der Waals surface area contributed by atoms with Crippen molar-refractivity contribution in [1.82, 2.24) is 4.31 Å². The van der Waals surface area contributed by atoms with Crippen LogP contribution < -0.4 is 5.73 Å². The van der Waals surface area contributed by atoms with Crippen LogP contribution in [0.25, 0.3) is 0 Å². The lowest BCUT2D eigenvalue weighted by Crippen LogP contribution is -2.39. The predicted molar refractivity (Wildman–Crippen MR) is 69.3 cm³/mol. The van der Waals surface area contributed by atoms with Crippen molar-refractivity contribution in [2.45, 2.75) is 24.7 Å². The number of benzene rings is 1. The monoisotopic (exact) mass is 270 g/mol. The Morgan fingerprint density at radius 3 is 2.39 bits per heavy atom. The Balaban J connectivity index is 2.99. The van der Waals surface area contributed by atoms with Gasteiger partial charge in [-0.2, -0.15) is 4.31 Å². The van der Waals surface area contributed by atoms with Crippen molar-refractivity contribution in [2.75, 3.05) is 13.1 Å². The first-order chi connectivity index (χ1) is 8.48. The molecule has 100 valence electrons. The number of amides is 1. The minimum absolute atomic E-state index is 0.183. The topological polar surface area (TPSA) is 80.5 Å². The molecule has 1 amide bonds. The summed E-state index contributed by atoms with van der Waals surface area (Å²) >= 11 is 0. The van der Waals surface area contributed by atoms with Gasteiger partial charge in [0.1, 0.15) is 0 Å². The highest BCUT2D eigenvalue weighted by Gasteiger charge is 2.24. The van der Waals surface area contributed by atoms with E-state index in [0.29, 0.717) is 13.0 Å². The van der Waals surface area contributed by atoms with Crippen molar-refractivity contribution in [3.8, 4) is 0 Å². The third kappa shape index (κ3) is 3.82. The van der Waals surface area contributed by atoms with Crippen molar-refractivity contribution in [1.29, 1.82) is 0 Å². The zero-order valence-electron chi connectivity index (χ0n) is 10.4. The Kier molecular flexibility index (Phi) is 5.30. The average Bonchev–Trinajstić information content (AvgIpc) is 2.35. The van der Waals surface area contributed by atoms with E-state index in [-0.39, 0.29) is 11.4 Å². The van der Waals surface area contributed by atoms with Gasteiger partial charge in [-0.25, -0.2) is 8.42 Å². The Morgan fingerprint density at radius 1 is 1.28 bits per heavy atom. The second-order valence-electron chi connectivity index (χ2n) is 3.97. The van der Waals surface area contributed by atoms with Crippen LogP contribution >= 0.6 is 0 Å². The van der Waals surface area contributed by atoms with E-state index in [9.17, 15) is 13.2 Å². The minimum Gasteiger partial charge on any atom is -0.369 e. The van der Waals surface area contributed by atoms with Crippen molar-refractivity contribution >= 4 is 15.9 Å². The molecule has 0 heterocycles. The molecule has 1 aromatic rings. The van der Waals surface area contributed by atoms with E-state index in [0.717, 1.165) is 10.7 Å². The molecule has 0 saturated heterocycles. The molecule has 0 saturated carbocycles. The zero-order chi connectivity index (χ0) is 13.6. The van der Waals surface area contributed by atoms with E-state index >= 15 is 0 Å². The number of rotatable bonds is 7. The smallest absolute Gasteiger partial charge is 0.243 e.